The van der Waals surface area contributed by atoms with E-state index in [0.29, 0.717) is 22.7 Å². The maximum atomic E-state index is 12.3. The third-order valence-corrected chi connectivity index (χ3v) is 3.51. The lowest BCUT2D eigenvalue weighted by molar-refractivity contribution is -0.118. The van der Waals surface area contributed by atoms with Crippen molar-refractivity contribution in [1.29, 1.82) is 5.26 Å². The van der Waals surface area contributed by atoms with Gasteiger partial charge >= 0.3 is 0 Å². The monoisotopic (exact) mass is 279 g/mol. The minimum absolute atomic E-state index is 0.373. The predicted octanol–water partition coefficient (Wildman–Crippen LogP) is 2.48. The van der Waals surface area contributed by atoms with E-state index in [1.165, 1.54) is 0 Å². The van der Waals surface area contributed by atoms with Crippen molar-refractivity contribution in [2.45, 2.75) is 5.54 Å². The van der Waals surface area contributed by atoms with Crippen LogP contribution in [0.5, 0.6) is 5.75 Å². The van der Waals surface area contributed by atoms with E-state index in [1.807, 2.05) is 6.07 Å². The second-order valence-electron chi connectivity index (χ2n) is 4.72. The van der Waals surface area contributed by atoms with Crippen LogP contribution in [0.1, 0.15) is 5.56 Å². The van der Waals surface area contributed by atoms with Crippen LogP contribution in [-0.4, -0.2) is 13.0 Å². The van der Waals surface area contributed by atoms with Gasteiger partial charge in [-0.1, -0.05) is 18.2 Å². The number of nitrogens with one attached hydrogen (secondary N) is 2. The molecule has 5 nitrogen and oxygen atoms in total. The Morgan fingerprint density at radius 3 is 2.57 bits per heavy atom. The van der Waals surface area contributed by atoms with E-state index >= 15 is 0 Å². The fourth-order valence-electron chi connectivity index (χ4n) is 2.41. The summed E-state index contributed by atoms with van der Waals surface area (Å²) in [5.74, 6) is 0.338. The Morgan fingerprint density at radius 2 is 1.90 bits per heavy atom. The van der Waals surface area contributed by atoms with Crippen molar-refractivity contribution in [3.8, 4) is 11.8 Å². The van der Waals surface area contributed by atoms with Crippen molar-refractivity contribution in [3.05, 3.63) is 54.1 Å². The number of hydrogen-bond donors (Lipinski definition) is 2. The SMILES string of the molecule is COc1ccc(N[C@@]2(C#N)C(=O)Nc3ccccc32)cc1. The van der Waals surface area contributed by atoms with Crippen LogP contribution in [0.15, 0.2) is 48.5 Å². The van der Waals surface area contributed by atoms with E-state index in [4.69, 9.17) is 4.74 Å². The number of benzene rings is 2. The molecule has 2 N–H and O–H groups in total. The maximum Gasteiger partial charge on any atom is 0.269 e. The largest absolute Gasteiger partial charge is 0.497 e. The number of nitriles is 1. The van der Waals surface area contributed by atoms with Gasteiger partial charge in [-0.25, -0.2) is 0 Å². The lowest BCUT2D eigenvalue weighted by Crippen LogP contribution is -2.40. The molecule has 21 heavy (non-hydrogen) atoms. The van der Waals surface area contributed by atoms with Gasteiger partial charge in [0, 0.05) is 16.9 Å². The molecule has 2 aromatic rings. The molecule has 1 heterocycles. The fraction of sp³-hybridized carbons (Fsp3) is 0.125. The van der Waals surface area contributed by atoms with Crippen LogP contribution in [0.3, 0.4) is 0 Å². The predicted molar refractivity (Wildman–Crippen MR) is 79.0 cm³/mol. The Kier molecular flexibility index (Phi) is 2.99. The summed E-state index contributed by atoms with van der Waals surface area (Å²) in [5, 5.41) is 15.4. The highest BCUT2D eigenvalue weighted by atomic mass is 16.5. The molecule has 0 bridgehead atoms. The van der Waals surface area contributed by atoms with Crippen LogP contribution in [0.2, 0.25) is 0 Å². The molecule has 1 atom stereocenters. The van der Waals surface area contributed by atoms with Gasteiger partial charge in [0.15, 0.2) is 0 Å². The highest BCUT2D eigenvalue weighted by Crippen LogP contribution is 2.38. The molecular formula is C16H13N3O2. The Bertz CT molecular complexity index is 734. The van der Waals surface area contributed by atoms with Crippen molar-refractivity contribution in [2.24, 2.45) is 0 Å². The van der Waals surface area contributed by atoms with E-state index in [2.05, 4.69) is 16.7 Å². The van der Waals surface area contributed by atoms with Crippen molar-refractivity contribution in [1.82, 2.24) is 0 Å². The Morgan fingerprint density at radius 1 is 1.19 bits per heavy atom. The summed E-state index contributed by atoms with van der Waals surface area (Å²) in [6.07, 6.45) is 0. The van der Waals surface area contributed by atoms with Crippen molar-refractivity contribution in [3.63, 3.8) is 0 Å². The number of para-hydroxylation sites is 1. The lowest BCUT2D eigenvalue weighted by atomic mass is 9.92. The molecule has 1 amide bonds. The number of carbonyl (C=O) groups excluding carboxylic acids is 1. The number of hydrogen-bond acceptors (Lipinski definition) is 4. The molecule has 1 aliphatic heterocycles. The molecule has 0 unspecified atom stereocenters. The normalized spacial score (nSPS) is 19.3. The molecule has 104 valence electrons. The Hall–Kier alpha value is -3.00. The Balaban J connectivity index is 2.01. The minimum Gasteiger partial charge on any atom is -0.497 e. The highest BCUT2D eigenvalue weighted by Gasteiger charge is 2.47. The second kappa shape index (κ2) is 4.84. The third-order valence-electron chi connectivity index (χ3n) is 3.51. The van der Waals surface area contributed by atoms with Crippen LogP contribution in [-0.2, 0) is 10.3 Å². The summed E-state index contributed by atoms with van der Waals surface area (Å²) in [7, 11) is 1.58. The first-order valence-corrected chi connectivity index (χ1v) is 6.44. The third kappa shape index (κ3) is 1.98. The van der Waals surface area contributed by atoms with E-state index < -0.39 is 5.54 Å². The number of anilines is 2. The number of nitrogens with zero attached hydrogens (tertiary/aromatic N) is 1. The minimum atomic E-state index is -1.41. The average molecular weight is 279 g/mol. The number of rotatable bonds is 3. The van der Waals surface area contributed by atoms with E-state index in [0.717, 1.165) is 0 Å². The van der Waals surface area contributed by atoms with Crippen molar-refractivity contribution < 1.29 is 9.53 Å². The van der Waals surface area contributed by atoms with E-state index in [9.17, 15) is 10.1 Å². The molecule has 5 heteroatoms. The van der Waals surface area contributed by atoms with Crippen molar-refractivity contribution in [2.75, 3.05) is 17.7 Å². The molecule has 2 aromatic carbocycles. The number of amides is 1. The molecule has 0 spiro atoms. The van der Waals surface area contributed by atoms with Gasteiger partial charge in [-0.3, -0.25) is 4.79 Å². The summed E-state index contributed by atoms with van der Waals surface area (Å²) in [6.45, 7) is 0. The first-order chi connectivity index (χ1) is 10.2. The molecule has 0 radical (unpaired) electrons. The molecule has 3 rings (SSSR count). The van der Waals surface area contributed by atoms with Gasteiger partial charge in [-0.2, -0.15) is 5.26 Å². The highest BCUT2D eigenvalue weighted by molar-refractivity contribution is 6.09. The van der Waals surface area contributed by atoms with E-state index in [-0.39, 0.29) is 5.91 Å². The van der Waals surface area contributed by atoms with Gasteiger partial charge in [0.05, 0.1) is 7.11 Å². The summed E-state index contributed by atoms with van der Waals surface area (Å²) >= 11 is 0. The van der Waals surface area contributed by atoms with Gasteiger partial charge in [-0.05, 0) is 30.3 Å². The topological polar surface area (TPSA) is 74.1 Å². The first kappa shape index (κ1) is 13.0. The van der Waals surface area contributed by atoms with Crippen LogP contribution in [0.25, 0.3) is 0 Å². The maximum absolute atomic E-state index is 12.3. The molecule has 0 fully saturated rings. The number of methoxy groups -OCH3 is 1. The summed E-state index contributed by atoms with van der Waals surface area (Å²) in [4.78, 5) is 12.3. The first-order valence-electron chi connectivity index (χ1n) is 6.44. The second-order valence-corrected chi connectivity index (χ2v) is 4.72. The molecular weight excluding hydrogens is 266 g/mol. The fourth-order valence-corrected chi connectivity index (χ4v) is 2.41. The molecule has 1 aliphatic rings. The zero-order valence-electron chi connectivity index (χ0n) is 11.4. The number of ether oxygens (including phenoxy) is 1. The lowest BCUT2D eigenvalue weighted by Gasteiger charge is -2.22. The molecule has 0 saturated heterocycles. The number of carbonyl (C=O) groups is 1. The Labute approximate surface area is 122 Å². The summed E-state index contributed by atoms with van der Waals surface area (Å²) < 4.78 is 5.10. The van der Waals surface area contributed by atoms with Crippen LogP contribution in [0.4, 0.5) is 11.4 Å². The van der Waals surface area contributed by atoms with Crippen molar-refractivity contribution >= 4 is 17.3 Å². The zero-order chi connectivity index (χ0) is 14.9. The van der Waals surface area contributed by atoms with Gasteiger partial charge in [0.25, 0.3) is 5.91 Å². The smallest absolute Gasteiger partial charge is 0.269 e. The average Bonchev–Trinajstić information content (AvgIpc) is 2.81. The van der Waals surface area contributed by atoms with E-state index in [1.54, 1.807) is 49.6 Å². The summed E-state index contributed by atoms with van der Waals surface area (Å²) in [6, 6.07) is 16.4. The zero-order valence-corrected chi connectivity index (χ0v) is 11.4. The van der Waals surface area contributed by atoms with Gasteiger partial charge in [0.1, 0.15) is 11.8 Å². The molecule has 0 aliphatic carbocycles. The van der Waals surface area contributed by atoms with Crippen LogP contribution >= 0.6 is 0 Å². The standard InChI is InChI=1S/C16H13N3O2/c1-21-12-8-6-11(7-9-12)19-16(10-17)13-4-2-3-5-14(13)18-15(16)20/h2-9,19H,1H3,(H,18,20)/t16-/m1/s1. The van der Waals surface area contributed by atoms with Crippen LogP contribution in [0, 0.1) is 11.3 Å². The molecule has 0 aromatic heterocycles. The van der Waals surface area contributed by atoms with Crippen LogP contribution < -0.4 is 15.4 Å². The van der Waals surface area contributed by atoms with Gasteiger partial charge < -0.3 is 15.4 Å². The number of fused-ring (bicyclic) bond motifs is 1. The van der Waals surface area contributed by atoms with Gasteiger partial charge in [0.2, 0.25) is 5.54 Å². The van der Waals surface area contributed by atoms with Gasteiger partial charge in [-0.15, -0.1) is 0 Å². The molecule has 0 saturated carbocycles. The quantitative estimate of drug-likeness (QED) is 0.905. The summed E-state index contributed by atoms with van der Waals surface area (Å²) in [5.41, 5.74) is 0.549.